The van der Waals surface area contributed by atoms with Crippen LogP contribution < -0.4 is 4.72 Å². The van der Waals surface area contributed by atoms with E-state index in [-0.39, 0.29) is 21.8 Å². The van der Waals surface area contributed by atoms with Crippen LogP contribution in [-0.4, -0.2) is 42.9 Å². The number of rotatable bonds is 6. The van der Waals surface area contributed by atoms with Gasteiger partial charge in [0, 0.05) is 30.5 Å². The molecule has 10 heteroatoms. The third-order valence-corrected chi connectivity index (χ3v) is 10.3. The number of aromatic nitrogens is 1. The summed E-state index contributed by atoms with van der Waals surface area (Å²) in [5.74, 6) is 0.892. The van der Waals surface area contributed by atoms with Crippen molar-refractivity contribution >= 4 is 42.1 Å². The molecule has 2 heterocycles. The van der Waals surface area contributed by atoms with Crippen molar-refractivity contribution in [3.8, 4) is 0 Å². The highest BCUT2D eigenvalue weighted by atomic mass is 32.2. The van der Waals surface area contributed by atoms with Crippen LogP contribution in [0, 0.1) is 0 Å². The molecule has 1 aliphatic heterocycles. The van der Waals surface area contributed by atoms with Crippen LogP contribution in [0.25, 0.3) is 10.9 Å². The maximum atomic E-state index is 13.5. The van der Waals surface area contributed by atoms with E-state index in [1.807, 2.05) is 19.9 Å². The Bertz CT molecular complexity index is 1320. The lowest BCUT2D eigenvalue weighted by molar-refractivity contribution is 0.505. The SMILES string of the molecule is CC(C)c1cccc2c1c(S(=O)(=O)NC1CC[S+]([O-])CC1)cn2S(=O)(=O)c1ccccc1. The number of benzene rings is 2. The van der Waals surface area contributed by atoms with Gasteiger partial charge in [0.25, 0.3) is 10.0 Å². The van der Waals surface area contributed by atoms with Crippen molar-refractivity contribution in [1.82, 2.24) is 8.69 Å². The summed E-state index contributed by atoms with van der Waals surface area (Å²) in [7, 11) is -8.02. The van der Waals surface area contributed by atoms with Crippen molar-refractivity contribution in [2.24, 2.45) is 0 Å². The Morgan fingerprint density at radius 1 is 1.00 bits per heavy atom. The van der Waals surface area contributed by atoms with Gasteiger partial charge in [-0.15, -0.1) is 0 Å². The van der Waals surface area contributed by atoms with Crippen LogP contribution >= 0.6 is 0 Å². The van der Waals surface area contributed by atoms with E-state index in [1.54, 1.807) is 30.3 Å². The summed E-state index contributed by atoms with van der Waals surface area (Å²) in [5, 5.41) is 0.411. The summed E-state index contributed by atoms with van der Waals surface area (Å²) >= 11 is -0.913. The van der Waals surface area contributed by atoms with Crippen molar-refractivity contribution < 1.29 is 21.4 Å². The van der Waals surface area contributed by atoms with E-state index in [9.17, 15) is 21.4 Å². The van der Waals surface area contributed by atoms with E-state index in [1.165, 1.54) is 18.3 Å². The average molecular weight is 495 g/mol. The summed E-state index contributed by atoms with van der Waals surface area (Å²) in [5.41, 5.74) is 1.08. The van der Waals surface area contributed by atoms with Crippen LogP contribution in [0.3, 0.4) is 0 Å². The van der Waals surface area contributed by atoms with Crippen molar-refractivity contribution in [3.05, 3.63) is 60.3 Å². The molecule has 0 amide bonds. The molecule has 0 radical (unpaired) electrons. The fraction of sp³-hybridized carbons (Fsp3) is 0.364. The van der Waals surface area contributed by atoms with Crippen molar-refractivity contribution in [2.75, 3.05) is 11.5 Å². The first-order valence-corrected chi connectivity index (χ1v) is 14.8. The molecular weight excluding hydrogens is 468 g/mol. The second kappa shape index (κ2) is 8.83. The van der Waals surface area contributed by atoms with E-state index >= 15 is 0 Å². The van der Waals surface area contributed by atoms with Crippen LogP contribution in [0.1, 0.15) is 38.2 Å². The number of fused-ring (bicyclic) bond motifs is 1. The van der Waals surface area contributed by atoms with Gasteiger partial charge < -0.3 is 4.55 Å². The maximum absolute atomic E-state index is 13.5. The molecule has 0 saturated carbocycles. The number of hydrogen-bond donors (Lipinski definition) is 1. The second-order valence-corrected chi connectivity index (χ2v) is 13.4. The van der Waals surface area contributed by atoms with Crippen LogP contribution in [0.4, 0.5) is 0 Å². The fourth-order valence-electron chi connectivity index (χ4n) is 4.03. The van der Waals surface area contributed by atoms with Crippen LogP contribution in [0.2, 0.25) is 0 Å². The van der Waals surface area contributed by atoms with Crippen molar-refractivity contribution in [2.45, 2.75) is 48.4 Å². The molecule has 7 nitrogen and oxygen atoms in total. The smallest absolute Gasteiger partial charge is 0.268 e. The number of nitrogens with zero attached hydrogens (tertiary/aromatic N) is 1. The van der Waals surface area contributed by atoms with E-state index in [0.29, 0.717) is 35.3 Å². The van der Waals surface area contributed by atoms with Gasteiger partial charge >= 0.3 is 0 Å². The first kappa shape index (κ1) is 23.3. The van der Waals surface area contributed by atoms with Gasteiger partial charge in [-0.1, -0.05) is 55.4 Å². The zero-order chi connectivity index (χ0) is 23.1. The molecule has 0 unspecified atom stereocenters. The lowest BCUT2D eigenvalue weighted by atomic mass is 9.99. The molecule has 4 rings (SSSR count). The molecule has 1 aromatic heterocycles. The van der Waals surface area contributed by atoms with Crippen molar-refractivity contribution in [1.29, 1.82) is 0 Å². The summed E-state index contributed by atoms with van der Waals surface area (Å²) < 4.78 is 69.2. The monoisotopic (exact) mass is 494 g/mol. The summed E-state index contributed by atoms with van der Waals surface area (Å²) in [6.07, 6.45) is 2.19. The minimum Gasteiger partial charge on any atom is -0.616 e. The van der Waals surface area contributed by atoms with E-state index in [2.05, 4.69) is 4.72 Å². The van der Waals surface area contributed by atoms with Gasteiger partial charge in [0.2, 0.25) is 10.0 Å². The molecule has 3 aromatic rings. The standard InChI is InChI=1S/C22H26N2O5S3/c1-16(2)19-9-6-10-20-22(19)21(31(26,27)23-17-11-13-30(25)14-12-17)15-24(20)32(28,29)18-7-4-3-5-8-18/h3-10,15-17,23H,11-14H2,1-2H3. The van der Waals surface area contributed by atoms with Gasteiger partial charge in [-0.25, -0.2) is 25.5 Å². The first-order valence-electron chi connectivity index (χ1n) is 10.4. The highest BCUT2D eigenvalue weighted by Crippen LogP contribution is 2.35. The average Bonchev–Trinajstić information content (AvgIpc) is 3.17. The minimum absolute atomic E-state index is 0.0139. The quantitative estimate of drug-likeness (QED) is 0.530. The summed E-state index contributed by atoms with van der Waals surface area (Å²) in [6.45, 7) is 3.89. The van der Waals surface area contributed by atoms with Crippen molar-refractivity contribution in [3.63, 3.8) is 0 Å². The van der Waals surface area contributed by atoms with Gasteiger partial charge in [0.15, 0.2) is 0 Å². The highest BCUT2D eigenvalue weighted by Gasteiger charge is 2.32. The van der Waals surface area contributed by atoms with Gasteiger partial charge in [0.05, 0.1) is 10.4 Å². The first-order chi connectivity index (χ1) is 15.1. The Hall–Kier alpha value is -1.85. The number of sulfonamides is 1. The Balaban J connectivity index is 1.89. The Morgan fingerprint density at radius 2 is 1.66 bits per heavy atom. The molecule has 0 atom stereocenters. The largest absolute Gasteiger partial charge is 0.616 e. The highest BCUT2D eigenvalue weighted by molar-refractivity contribution is 7.91. The molecule has 0 aliphatic carbocycles. The molecule has 172 valence electrons. The summed E-state index contributed by atoms with van der Waals surface area (Å²) in [6, 6.07) is 12.8. The zero-order valence-electron chi connectivity index (χ0n) is 17.9. The van der Waals surface area contributed by atoms with Crippen LogP contribution in [-0.2, 0) is 31.2 Å². The maximum Gasteiger partial charge on any atom is 0.268 e. The molecular formula is C22H26N2O5S3. The van der Waals surface area contributed by atoms with Gasteiger partial charge in [0.1, 0.15) is 16.4 Å². The molecule has 32 heavy (non-hydrogen) atoms. The van der Waals surface area contributed by atoms with Gasteiger partial charge in [-0.3, -0.25) is 0 Å². The molecule has 1 aliphatic rings. The molecule has 0 spiro atoms. The lowest BCUT2D eigenvalue weighted by Crippen LogP contribution is -2.40. The number of hydrogen-bond acceptors (Lipinski definition) is 5. The van der Waals surface area contributed by atoms with Gasteiger partial charge in [-0.05, 0) is 29.7 Å². The predicted octanol–water partition coefficient (Wildman–Crippen LogP) is 3.19. The Kier molecular flexibility index (Phi) is 6.43. The van der Waals surface area contributed by atoms with E-state index in [0.717, 1.165) is 9.54 Å². The third kappa shape index (κ3) is 4.34. The topological polar surface area (TPSA) is 108 Å². The minimum atomic E-state index is -4.02. The third-order valence-electron chi connectivity index (χ3n) is 5.71. The number of nitrogens with one attached hydrogen (secondary N) is 1. The predicted molar refractivity (Wildman–Crippen MR) is 126 cm³/mol. The summed E-state index contributed by atoms with van der Waals surface area (Å²) in [4.78, 5) is 0.0292. The fourth-order valence-corrected chi connectivity index (χ4v) is 8.32. The zero-order valence-corrected chi connectivity index (χ0v) is 20.3. The second-order valence-electron chi connectivity index (χ2n) is 8.25. The van der Waals surface area contributed by atoms with E-state index in [4.69, 9.17) is 0 Å². The normalized spacial score (nSPS) is 20.1. The van der Waals surface area contributed by atoms with Crippen LogP contribution in [0.15, 0.2) is 64.5 Å². The lowest BCUT2D eigenvalue weighted by Gasteiger charge is -2.24. The van der Waals surface area contributed by atoms with E-state index < -0.39 is 31.2 Å². The molecule has 1 fully saturated rings. The van der Waals surface area contributed by atoms with Crippen LogP contribution in [0.5, 0.6) is 0 Å². The molecule has 0 bridgehead atoms. The molecule has 1 N–H and O–H groups in total. The van der Waals surface area contributed by atoms with Gasteiger partial charge in [-0.2, -0.15) is 0 Å². The molecule has 1 saturated heterocycles. The Labute approximate surface area is 192 Å². The molecule has 2 aromatic carbocycles. The Morgan fingerprint density at radius 3 is 2.28 bits per heavy atom.